The molecule has 156 valence electrons. The molecule has 0 bridgehead atoms. The zero-order chi connectivity index (χ0) is 21.1. The monoisotopic (exact) mass is 409 g/mol. The highest BCUT2D eigenvalue weighted by molar-refractivity contribution is 6.04. The summed E-state index contributed by atoms with van der Waals surface area (Å²) in [4.78, 5) is 30.6. The average Bonchev–Trinajstić information content (AvgIpc) is 2.79. The van der Waals surface area contributed by atoms with E-state index in [0.29, 0.717) is 41.3 Å². The van der Waals surface area contributed by atoms with E-state index in [1.165, 1.54) is 20.3 Å². The minimum absolute atomic E-state index is 0.153. The highest BCUT2D eigenvalue weighted by atomic mass is 16.5. The molecule has 0 aliphatic carbocycles. The summed E-state index contributed by atoms with van der Waals surface area (Å²) in [6.45, 7) is 3.11. The normalized spacial score (nSPS) is 13.9. The summed E-state index contributed by atoms with van der Waals surface area (Å²) in [5, 5.41) is 3.19. The molecule has 2 N–H and O–H groups in total. The van der Waals surface area contributed by atoms with Crippen molar-refractivity contribution in [3.8, 4) is 11.5 Å². The molecule has 1 aliphatic heterocycles. The van der Waals surface area contributed by atoms with Crippen LogP contribution in [0, 0.1) is 0 Å². The Morgan fingerprint density at radius 3 is 2.47 bits per heavy atom. The molecule has 8 nitrogen and oxygen atoms in total. The molecule has 3 aromatic rings. The number of anilines is 2. The van der Waals surface area contributed by atoms with Crippen LogP contribution >= 0.6 is 0 Å². The fraction of sp³-hybridized carbons (Fsp3) is 0.273. The van der Waals surface area contributed by atoms with Crippen molar-refractivity contribution in [1.82, 2.24) is 4.98 Å². The van der Waals surface area contributed by atoms with E-state index in [9.17, 15) is 9.59 Å². The lowest BCUT2D eigenvalue weighted by Crippen LogP contribution is -2.36. The Labute approximate surface area is 173 Å². The first kappa shape index (κ1) is 19.8. The van der Waals surface area contributed by atoms with Crippen LogP contribution in [0.4, 0.5) is 11.4 Å². The van der Waals surface area contributed by atoms with Gasteiger partial charge in [0.2, 0.25) is 0 Å². The number of benzene rings is 2. The van der Waals surface area contributed by atoms with Gasteiger partial charge >= 0.3 is 0 Å². The van der Waals surface area contributed by atoms with Gasteiger partial charge in [0.25, 0.3) is 5.91 Å². The largest absolute Gasteiger partial charge is 0.497 e. The number of ether oxygens (including phenoxy) is 3. The summed E-state index contributed by atoms with van der Waals surface area (Å²) in [5.74, 6) is 0.498. The molecule has 1 amide bonds. The quantitative estimate of drug-likeness (QED) is 0.673. The van der Waals surface area contributed by atoms with Crippen molar-refractivity contribution in [3.05, 3.63) is 58.4 Å². The minimum atomic E-state index is -0.407. The second-order valence-electron chi connectivity index (χ2n) is 6.90. The third-order valence-corrected chi connectivity index (χ3v) is 5.07. The van der Waals surface area contributed by atoms with E-state index >= 15 is 0 Å². The predicted octanol–water partition coefficient (Wildman–Crippen LogP) is 2.63. The molecule has 0 spiro atoms. The van der Waals surface area contributed by atoms with Crippen LogP contribution in [0.15, 0.2) is 47.3 Å². The van der Waals surface area contributed by atoms with Gasteiger partial charge in [0.15, 0.2) is 5.43 Å². The molecule has 1 aromatic heterocycles. The molecule has 1 saturated heterocycles. The van der Waals surface area contributed by atoms with Crippen molar-refractivity contribution in [2.75, 3.05) is 50.7 Å². The topological polar surface area (TPSA) is 92.9 Å². The molecule has 30 heavy (non-hydrogen) atoms. The first-order chi connectivity index (χ1) is 14.6. The molecule has 1 fully saturated rings. The Hall–Kier alpha value is -3.52. The van der Waals surface area contributed by atoms with Gasteiger partial charge in [-0.25, -0.2) is 0 Å². The first-order valence-electron chi connectivity index (χ1n) is 9.62. The van der Waals surface area contributed by atoms with Crippen LogP contribution in [-0.4, -0.2) is 51.4 Å². The van der Waals surface area contributed by atoms with E-state index in [1.54, 1.807) is 12.1 Å². The summed E-state index contributed by atoms with van der Waals surface area (Å²) in [6, 6.07) is 12.2. The molecular formula is C22H23N3O5. The van der Waals surface area contributed by atoms with Crippen molar-refractivity contribution < 1.29 is 19.0 Å². The lowest BCUT2D eigenvalue weighted by atomic mass is 10.1. The molecule has 4 rings (SSSR count). The van der Waals surface area contributed by atoms with Crippen LogP contribution in [0.2, 0.25) is 0 Å². The van der Waals surface area contributed by atoms with Crippen LogP contribution < -0.4 is 25.1 Å². The predicted molar refractivity (Wildman–Crippen MR) is 115 cm³/mol. The van der Waals surface area contributed by atoms with E-state index in [4.69, 9.17) is 14.2 Å². The van der Waals surface area contributed by atoms with Gasteiger partial charge in [0, 0.05) is 42.7 Å². The number of rotatable bonds is 5. The van der Waals surface area contributed by atoms with Gasteiger partial charge in [-0.3, -0.25) is 9.59 Å². The minimum Gasteiger partial charge on any atom is -0.497 e. The van der Waals surface area contributed by atoms with E-state index in [1.807, 2.05) is 24.3 Å². The lowest BCUT2D eigenvalue weighted by Gasteiger charge is -2.28. The number of fused-ring (bicyclic) bond motifs is 1. The smallest absolute Gasteiger partial charge is 0.272 e. The van der Waals surface area contributed by atoms with Crippen molar-refractivity contribution in [2.45, 2.75) is 0 Å². The number of aromatic nitrogens is 1. The lowest BCUT2D eigenvalue weighted by molar-refractivity contribution is 0.102. The third-order valence-electron chi connectivity index (χ3n) is 5.07. The molecule has 0 atom stereocenters. The van der Waals surface area contributed by atoms with Crippen LogP contribution in [0.1, 0.15) is 10.5 Å². The Morgan fingerprint density at radius 2 is 1.80 bits per heavy atom. The van der Waals surface area contributed by atoms with E-state index < -0.39 is 5.91 Å². The van der Waals surface area contributed by atoms with Gasteiger partial charge in [-0.15, -0.1) is 0 Å². The number of nitrogens with one attached hydrogen (secondary N) is 2. The number of aromatic amines is 1. The second-order valence-corrected chi connectivity index (χ2v) is 6.90. The molecule has 0 unspecified atom stereocenters. The van der Waals surface area contributed by atoms with Crippen molar-refractivity contribution in [2.24, 2.45) is 0 Å². The standard InChI is InChI=1S/C22H23N3O5/c1-28-16-11-17-21(20(12-16)29-2)19(26)13-18(24-17)22(27)23-14-3-5-15(6-4-14)25-7-9-30-10-8-25/h3-6,11-13H,7-10H2,1-2H3,(H,23,27)(H,24,26). The Kier molecular flexibility index (Phi) is 5.58. The fourth-order valence-electron chi connectivity index (χ4n) is 3.50. The second kappa shape index (κ2) is 8.46. The van der Waals surface area contributed by atoms with Crippen LogP contribution in [0.3, 0.4) is 0 Å². The number of carbonyl (C=O) groups excluding carboxylic acids is 1. The molecule has 0 saturated carbocycles. The SMILES string of the molecule is COc1cc(OC)c2c(=O)cc(C(=O)Nc3ccc(N4CCOCC4)cc3)[nH]c2c1. The summed E-state index contributed by atoms with van der Waals surface area (Å²) in [5.41, 5.74) is 2.03. The van der Waals surface area contributed by atoms with Crippen LogP contribution in [0.25, 0.3) is 10.9 Å². The molecule has 2 aromatic carbocycles. The van der Waals surface area contributed by atoms with Gasteiger partial charge in [-0.2, -0.15) is 0 Å². The van der Waals surface area contributed by atoms with Gasteiger partial charge in [-0.1, -0.05) is 0 Å². The van der Waals surface area contributed by atoms with E-state index in [2.05, 4.69) is 15.2 Å². The Bertz CT molecular complexity index is 1120. The number of amides is 1. The maximum Gasteiger partial charge on any atom is 0.272 e. The van der Waals surface area contributed by atoms with Crippen molar-refractivity contribution in [1.29, 1.82) is 0 Å². The Balaban J connectivity index is 1.58. The maximum absolute atomic E-state index is 12.7. The number of hydrogen-bond acceptors (Lipinski definition) is 6. The number of pyridine rings is 1. The van der Waals surface area contributed by atoms with Crippen LogP contribution in [0.5, 0.6) is 11.5 Å². The number of methoxy groups -OCH3 is 2. The summed E-state index contributed by atoms with van der Waals surface area (Å²) >= 11 is 0. The molecule has 1 aliphatic rings. The summed E-state index contributed by atoms with van der Waals surface area (Å²) in [7, 11) is 3.00. The summed E-state index contributed by atoms with van der Waals surface area (Å²) < 4.78 is 15.9. The highest BCUT2D eigenvalue weighted by Crippen LogP contribution is 2.28. The Morgan fingerprint density at radius 1 is 1.07 bits per heavy atom. The first-order valence-corrected chi connectivity index (χ1v) is 9.62. The zero-order valence-corrected chi connectivity index (χ0v) is 16.9. The van der Waals surface area contributed by atoms with Crippen LogP contribution in [-0.2, 0) is 4.74 Å². The number of morpholine rings is 1. The van der Waals surface area contributed by atoms with Gasteiger partial charge in [0.05, 0.1) is 38.3 Å². The summed E-state index contributed by atoms with van der Waals surface area (Å²) in [6.07, 6.45) is 0. The van der Waals surface area contributed by atoms with Gasteiger partial charge in [0.1, 0.15) is 17.2 Å². The highest BCUT2D eigenvalue weighted by Gasteiger charge is 2.15. The molecule has 0 radical (unpaired) electrons. The van der Waals surface area contributed by atoms with Gasteiger partial charge < -0.3 is 29.4 Å². The van der Waals surface area contributed by atoms with Gasteiger partial charge in [-0.05, 0) is 24.3 Å². The van der Waals surface area contributed by atoms with E-state index in [-0.39, 0.29) is 11.1 Å². The molecular weight excluding hydrogens is 386 g/mol. The maximum atomic E-state index is 12.7. The van der Waals surface area contributed by atoms with Crippen molar-refractivity contribution >= 4 is 28.2 Å². The number of carbonyl (C=O) groups is 1. The zero-order valence-electron chi connectivity index (χ0n) is 16.9. The molecule has 8 heteroatoms. The number of H-pyrrole nitrogens is 1. The number of nitrogens with zero attached hydrogens (tertiary/aromatic N) is 1. The van der Waals surface area contributed by atoms with E-state index in [0.717, 1.165) is 18.8 Å². The van der Waals surface area contributed by atoms with Crippen molar-refractivity contribution in [3.63, 3.8) is 0 Å². The third kappa shape index (κ3) is 3.95. The number of hydrogen-bond donors (Lipinski definition) is 2. The fourth-order valence-corrected chi connectivity index (χ4v) is 3.50. The molecule has 2 heterocycles. The average molecular weight is 409 g/mol.